The first-order valence-corrected chi connectivity index (χ1v) is 18.7. The Hall–Kier alpha value is -4.53. The molecule has 4 aromatic carbocycles. The molecular weight excluding hydrogens is 847 g/mol. The van der Waals surface area contributed by atoms with Crippen LogP contribution in [0.1, 0.15) is 52.5 Å². The van der Waals surface area contributed by atoms with Crippen molar-refractivity contribution in [2.75, 3.05) is 20.3 Å². The van der Waals surface area contributed by atoms with E-state index in [9.17, 15) is 14.4 Å². The lowest BCUT2D eigenvalue weighted by Gasteiger charge is -2.26. The van der Waals surface area contributed by atoms with Crippen LogP contribution >= 0.6 is 49.9 Å². The number of nitrogens with zero attached hydrogens (tertiary/aromatic N) is 2. The first kappa shape index (κ1) is 36.3. The number of ether oxygens (including phenoxy) is 4. The van der Waals surface area contributed by atoms with Gasteiger partial charge in [0.05, 0.1) is 51.3 Å². The van der Waals surface area contributed by atoms with E-state index in [0.717, 1.165) is 19.2 Å². The summed E-state index contributed by atoms with van der Waals surface area (Å²) in [5, 5.41) is 0. The second kappa shape index (κ2) is 16.2. The maximum atomic E-state index is 14.5. The third-order valence-electron chi connectivity index (χ3n) is 7.98. The highest BCUT2D eigenvalue weighted by Crippen LogP contribution is 2.36. The van der Waals surface area contributed by atoms with Gasteiger partial charge < -0.3 is 18.9 Å². The smallest absolute Gasteiger partial charge is 0.338 e. The minimum absolute atomic E-state index is 0.157. The molecule has 0 unspecified atom stereocenters. The molecule has 6 rings (SSSR count). The van der Waals surface area contributed by atoms with Crippen LogP contribution in [0.3, 0.4) is 0 Å². The van der Waals surface area contributed by atoms with E-state index >= 15 is 0 Å². The number of carbonyl (C=O) groups excluding carboxylic acids is 2. The molecule has 0 aliphatic carbocycles. The molecule has 0 spiro atoms. The summed E-state index contributed by atoms with van der Waals surface area (Å²) in [5.41, 5.74) is 3.81. The zero-order valence-electron chi connectivity index (χ0n) is 27.9. The van der Waals surface area contributed by atoms with Gasteiger partial charge in [-0.2, -0.15) is 0 Å². The summed E-state index contributed by atoms with van der Waals surface area (Å²) in [5.74, 6) is 0.296. The van der Waals surface area contributed by atoms with Crippen molar-refractivity contribution in [1.29, 1.82) is 0 Å². The fourth-order valence-electron chi connectivity index (χ4n) is 5.63. The Kier molecular flexibility index (Phi) is 11.5. The number of benzene rings is 4. The second-order valence-corrected chi connectivity index (χ2v) is 14.3. The van der Waals surface area contributed by atoms with Crippen LogP contribution in [0.4, 0.5) is 0 Å². The third kappa shape index (κ3) is 7.87. The zero-order valence-corrected chi connectivity index (χ0v) is 32.4. The molecule has 51 heavy (non-hydrogen) atoms. The predicted molar refractivity (Wildman–Crippen MR) is 208 cm³/mol. The van der Waals surface area contributed by atoms with Crippen molar-refractivity contribution in [3.8, 4) is 11.5 Å². The summed E-state index contributed by atoms with van der Waals surface area (Å²) >= 11 is 7.04. The number of thiazole rings is 1. The molecule has 9 nitrogen and oxygen atoms in total. The number of fused-ring (bicyclic) bond motifs is 1. The molecule has 1 aliphatic rings. The first-order chi connectivity index (χ1) is 24.7. The van der Waals surface area contributed by atoms with E-state index in [4.69, 9.17) is 23.9 Å². The summed E-state index contributed by atoms with van der Waals surface area (Å²) in [6.45, 7) is 4.20. The molecular formula is C39H32BrIN2O7S. The van der Waals surface area contributed by atoms with E-state index in [-0.39, 0.29) is 30.3 Å². The molecule has 0 bridgehead atoms. The fourth-order valence-corrected chi connectivity index (χ4v) is 8.33. The molecule has 0 radical (unpaired) electrons. The molecule has 2 heterocycles. The number of carbonyl (C=O) groups is 2. The minimum atomic E-state index is -0.820. The number of hydrogen-bond acceptors (Lipinski definition) is 9. The van der Waals surface area contributed by atoms with Crippen molar-refractivity contribution in [3.63, 3.8) is 0 Å². The average Bonchev–Trinajstić information content (AvgIpc) is 3.45. The van der Waals surface area contributed by atoms with Crippen LogP contribution < -0.4 is 24.4 Å². The molecule has 0 saturated carbocycles. The number of esters is 2. The van der Waals surface area contributed by atoms with Crippen LogP contribution in [-0.4, -0.2) is 36.8 Å². The lowest BCUT2D eigenvalue weighted by Crippen LogP contribution is -2.40. The molecule has 5 aromatic rings. The summed E-state index contributed by atoms with van der Waals surface area (Å²) in [6, 6.07) is 26.8. The van der Waals surface area contributed by atoms with Crippen molar-refractivity contribution < 1.29 is 28.5 Å². The van der Waals surface area contributed by atoms with Gasteiger partial charge in [-0.25, -0.2) is 14.6 Å². The van der Waals surface area contributed by atoms with Gasteiger partial charge in [0.25, 0.3) is 5.56 Å². The Balaban J connectivity index is 1.48. The topological polar surface area (TPSA) is 105 Å². The SMILES string of the molecule is CCOC(=O)C1=C(c2ccccc2)N=c2s/c(=C\c3cc(Br)cc(I)c3OCc3ccc(C(=O)OCC)cc3)c(=O)n2[C@@H]1c1ccc(OC)cc1. The molecule has 0 N–H and O–H groups in total. The van der Waals surface area contributed by atoms with Crippen LogP contribution in [0.2, 0.25) is 0 Å². The number of aromatic nitrogens is 1. The third-order valence-corrected chi connectivity index (χ3v) is 10.2. The quantitative estimate of drug-likeness (QED) is 0.103. The molecule has 1 atom stereocenters. The van der Waals surface area contributed by atoms with E-state index in [1.807, 2.05) is 66.7 Å². The van der Waals surface area contributed by atoms with Gasteiger partial charge in [-0.05, 0) is 90.0 Å². The number of hydrogen-bond donors (Lipinski definition) is 0. The maximum absolute atomic E-state index is 14.5. The normalized spacial score (nSPS) is 14.1. The molecule has 1 aromatic heterocycles. The Morgan fingerprint density at radius 2 is 1.63 bits per heavy atom. The van der Waals surface area contributed by atoms with Crippen molar-refractivity contribution >= 4 is 73.6 Å². The van der Waals surface area contributed by atoms with Crippen LogP contribution in [-0.2, 0) is 20.9 Å². The highest BCUT2D eigenvalue weighted by atomic mass is 127. The predicted octanol–water partition coefficient (Wildman–Crippen LogP) is 7.07. The molecule has 1 aliphatic heterocycles. The summed E-state index contributed by atoms with van der Waals surface area (Å²) in [7, 11) is 1.58. The Labute approximate surface area is 320 Å². The van der Waals surface area contributed by atoms with E-state index in [1.165, 1.54) is 11.3 Å². The van der Waals surface area contributed by atoms with E-state index < -0.39 is 12.0 Å². The van der Waals surface area contributed by atoms with Crippen molar-refractivity contribution in [3.05, 3.63) is 152 Å². The fraction of sp³-hybridized carbons (Fsp3) is 0.179. The van der Waals surface area contributed by atoms with Crippen LogP contribution in [0.5, 0.6) is 11.5 Å². The standard InChI is InChI=1S/C39H32BrIN2O7S/c1-4-48-37(45)26-13-11-23(12-14-26)22-50-35-27(19-28(40)21-30(35)41)20-31-36(44)43-34(25-15-17-29(47-3)18-16-25)32(38(46)49-5-2)33(42-39(43)51-31)24-9-7-6-8-10-24/h6-21,34H,4-5,22H2,1-3H3/b31-20-/t34-/m1/s1. The van der Waals surface area contributed by atoms with E-state index in [2.05, 4.69) is 38.5 Å². The summed E-state index contributed by atoms with van der Waals surface area (Å²) in [4.78, 5) is 45.7. The summed E-state index contributed by atoms with van der Waals surface area (Å²) < 4.78 is 26.0. The second-order valence-electron chi connectivity index (χ2n) is 11.2. The van der Waals surface area contributed by atoms with Gasteiger partial charge in [-0.3, -0.25) is 9.36 Å². The number of halogens is 2. The van der Waals surface area contributed by atoms with Gasteiger partial charge in [-0.15, -0.1) is 0 Å². The molecule has 0 amide bonds. The lowest BCUT2D eigenvalue weighted by atomic mass is 9.93. The monoisotopic (exact) mass is 878 g/mol. The maximum Gasteiger partial charge on any atom is 0.338 e. The van der Waals surface area contributed by atoms with Crippen LogP contribution in [0, 0.1) is 3.57 Å². The molecule has 260 valence electrons. The lowest BCUT2D eigenvalue weighted by molar-refractivity contribution is -0.138. The van der Waals surface area contributed by atoms with Gasteiger partial charge in [0.15, 0.2) is 4.80 Å². The molecule has 12 heteroatoms. The average molecular weight is 880 g/mol. The van der Waals surface area contributed by atoms with Gasteiger partial charge in [0, 0.05) is 15.6 Å². The number of rotatable bonds is 11. The van der Waals surface area contributed by atoms with Gasteiger partial charge in [0.2, 0.25) is 0 Å². The number of methoxy groups -OCH3 is 1. The van der Waals surface area contributed by atoms with Crippen LogP contribution in [0.25, 0.3) is 11.8 Å². The van der Waals surface area contributed by atoms with Crippen molar-refractivity contribution in [2.24, 2.45) is 4.99 Å². The molecule has 0 fully saturated rings. The zero-order chi connectivity index (χ0) is 36.1. The van der Waals surface area contributed by atoms with Crippen LogP contribution in [0.15, 0.2) is 111 Å². The van der Waals surface area contributed by atoms with Crippen molar-refractivity contribution in [2.45, 2.75) is 26.5 Å². The highest BCUT2D eigenvalue weighted by molar-refractivity contribution is 14.1. The van der Waals surface area contributed by atoms with E-state index in [1.54, 1.807) is 55.9 Å². The largest absolute Gasteiger partial charge is 0.497 e. The Bertz CT molecular complexity index is 2300. The summed E-state index contributed by atoms with van der Waals surface area (Å²) in [6.07, 6.45) is 1.79. The van der Waals surface area contributed by atoms with E-state index in [0.29, 0.717) is 49.8 Å². The first-order valence-electron chi connectivity index (χ1n) is 16.0. The van der Waals surface area contributed by atoms with Gasteiger partial charge in [-0.1, -0.05) is 81.9 Å². The van der Waals surface area contributed by atoms with Gasteiger partial charge in [0.1, 0.15) is 18.1 Å². The Morgan fingerprint density at radius 3 is 2.29 bits per heavy atom. The minimum Gasteiger partial charge on any atom is -0.497 e. The highest BCUT2D eigenvalue weighted by Gasteiger charge is 2.35. The Morgan fingerprint density at radius 1 is 0.941 bits per heavy atom. The van der Waals surface area contributed by atoms with Crippen molar-refractivity contribution in [1.82, 2.24) is 4.57 Å². The van der Waals surface area contributed by atoms with Gasteiger partial charge >= 0.3 is 11.9 Å². The molecule has 0 saturated heterocycles.